The van der Waals surface area contributed by atoms with Gasteiger partial charge in [-0.25, -0.2) is 0 Å². The van der Waals surface area contributed by atoms with E-state index in [4.69, 9.17) is 11.6 Å². The predicted octanol–water partition coefficient (Wildman–Crippen LogP) is 4.74. The second kappa shape index (κ2) is 6.50. The van der Waals surface area contributed by atoms with Crippen LogP contribution in [0.2, 0.25) is 4.34 Å². The maximum absolute atomic E-state index is 6.07. The Morgan fingerprint density at radius 1 is 1.15 bits per heavy atom. The second-order valence-electron chi connectivity index (χ2n) is 4.33. The molecule has 1 atom stereocenters. The molecule has 3 aromatic heterocycles. The first-order chi connectivity index (χ1) is 9.83. The molecule has 20 heavy (non-hydrogen) atoms. The van der Waals surface area contributed by atoms with Crippen molar-refractivity contribution in [2.75, 3.05) is 0 Å². The van der Waals surface area contributed by atoms with E-state index in [1.165, 1.54) is 15.3 Å². The number of nitrogens with one attached hydrogen (secondary N) is 1. The molecule has 0 fully saturated rings. The zero-order chi connectivity index (χ0) is 13.8. The highest BCUT2D eigenvalue weighted by Crippen LogP contribution is 2.33. The van der Waals surface area contributed by atoms with E-state index in [1.54, 1.807) is 28.9 Å². The van der Waals surface area contributed by atoms with E-state index >= 15 is 0 Å². The molecule has 0 aromatic carbocycles. The molecule has 0 bridgehead atoms. The Labute approximate surface area is 131 Å². The fourth-order valence-electron chi connectivity index (χ4n) is 2.00. The minimum Gasteiger partial charge on any atom is -0.301 e. The molecule has 0 saturated heterocycles. The van der Waals surface area contributed by atoms with E-state index in [0.717, 1.165) is 10.9 Å². The Hall–Kier alpha value is -1.20. The summed E-state index contributed by atoms with van der Waals surface area (Å²) in [6.07, 6.45) is 3.68. The van der Waals surface area contributed by atoms with Crippen LogP contribution in [0, 0.1) is 0 Å². The molecular formula is C15H13ClN2S2. The summed E-state index contributed by atoms with van der Waals surface area (Å²) < 4.78 is 0.824. The van der Waals surface area contributed by atoms with Gasteiger partial charge in [0.2, 0.25) is 0 Å². The van der Waals surface area contributed by atoms with Crippen molar-refractivity contribution in [2.45, 2.75) is 12.6 Å². The molecule has 0 aliphatic carbocycles. The highest BCUT2D eigenvalue weighted by atomic mass is 35.5. The van der Waals surface area contributed by atoms with Crippen molar-refractivity contribution in [1.29, 1.82) is 0 Å². The van der Waals surface area contributed by atoms with Crippen LogP contribution in [-0.2, 0) is 6.54 Å². The van der Waals surface area contributed by atoms with Crippen molar-refractivity contribution < 1.29 is 0 Å². The highest BCUT2D eigenvalue weighted by Gasteiger charge is 2.16. The van der Waals surface area contributed by atoms with Gasteiger partial charge in [-0.2, -0.15) is 0 Å². The topological polar surface area (TPSA) is 24.9 Å². The van der Waals surface area contributed by atoms with Gasteiger partial charge < -0.3 is 5.32 Å². The van der Waals surface area contributed by atoms with Gasteiger partial charge >= 0.3 is 0 Å². The fraction of sp³-hybridized carbons (Fsp3) is 0.133. The Balaban J connectivity index is 1.80. The molecule has 0 spiro atoms. The Bertz CT molecular complexity index is 650. The van der Waals surface area contributed by atoms with Crippen LogP contribution in [0.15, 0.2) is 54.2 Å². The normalized spacial score (nSPS) is 12.4. The quantitative estimate of drug-likeness (QED) is 0.734. The first-order valence-electron chi connectivity index (χ1n) is 6.24. The van der Waals surface area contributed by atoms with Crippen molar-refractivity contribution in [3.8, 4) is 0 Å². The lowest BCUT2D eigenvalue weighted by Gasteiger charge is -2.16. The minimum atomic E-state index is 0.188. The van der Waals surface area contributed by atoms with Gasteiger partial charge in [-0.15, -0.1) is 22.7 Å². The van der Waals surface area contributed by atoms with Crippen LogP contribution < -0.4 is 5.32 Å². The van der Waals surface area contributed by atoms with Gasteiger partial charge in [-0.1, -0.05) is 23.7 Å². The van der Waals surface area contributed by atoms with Crippen LogP contribution in [0.3, 0.4) is 0 Å². The predicted molar refractivity (Wildman–Crippen MR) is 86.6 cm³/mol. The zero-order valence-electron chi connectivity index (χ0n) is 10.6. The maximum Gasteiger partial charge on any atom is 0.0931 e. The summed E-state index contributed by atoms with van der Waals surface area (Å²) >= 11 is 9.45. The molecule has 0 aliphatic heterocycles. The number of nitrogens with zero attached hydrogens (tertiary/aromatic N) is 1. The highest BCUT2D eigenvalue weighted by molar-refractivity contribution is 7.16. The Morgan fingerprint density at radius 2 is 2.10 bits per heavy atom. The van der Waals surface area contributed by atoms with Crippen molar-refractivity contribution in [2.24, 2.45) is 0 Å². The van der Waals surface area contributed by atoms with E-state index in [0.29, 0.717) is 0 Å². The van der Waals surface area contributed by atoms with Crippen molar-refractivity contribution in [1.82, 2.24) is 10.3 Å². The zero-order valence-corrected chi connectivity index (χ0v) is 13.0. The van der Waals surface area contributed by atoms with E-state index in [-0.39, 0.29) is 6.04 Å². The Morgan fingerprint density at radius 3 is 2.75 bits per heavy atom. The van der Waals surface area contributed by atoms with Crippen LogP contribution in [-0.4, -0.2) is 4.98 Å². The van der Waals surface area contributed by atoms with Crippen molar-refractivity contribution >= 4 is 34.3 Å². The summed E-state index contributed by atoms with van der Waals surface area (Å²) in [5.41, 5.74) is 1.18. The molecule has 3 heterocycles. The maximum atomic E-state index is 6.07. The minimum absolute atomic E-state index is 0.188. The molecule has 1 unspecified atom stereocenters. The van der Waals surface area contributed by atoms with Crippen LogP contribution in [0.4, 0.5) is 0 Å². The summed E-state index contributed by atoms with van der Waals surface area (Å²) in [6.45, 7) is 0.784. The van der Waals surface area contributed by atoms with Crippen LogP contribution in [0.5, 0.6) is 0 Å². The lowest BCUT2D eigenvalue weighted by molar-refractivity contribution is 0.620. The van der Waals surface area contributed by atoms with Crippen LogP contribution in [0.1, 0.15) is 21.4 Å². The first kappa shape index (κ1) is 13.8. The lowest BCUT2D eigenvalue weighted by Crippen LogP contribution is -2.20. The average molecular weight is 321 g/mol. The molecule has 0 radical (unpaired) electrons. The van der Waals surface area contributed by atoms with Gasteiger partial charge in [0.05, 0.1) is 10.4 Å². The first-order valence-corrected chi connectivity index (χ1v) is 8.31. The third-order valence-corrected chi connectivity index (χ3v) is 5.17. The fourth-order valence-corrected chi connectivity index (χ4v) is 4.05. The van der Waals surface area contributed by atoms with Gasteiger partial charge in [0.15, 0.2) is 0 Å². The molecule has 3 rings (SSSR count). The number of aromatic nitrogens is 1. The Kier molecular flexibility index (Phi) is 4.47. The average Bonchev–Trinajstić information content (AvgIpc) is 3.13. The summed E-state index contributed by atoms with van der Waals surface area (Å²) in [5.74, 6) is 0. The van der Waals surface area contributed by atoms with E-state index in [1.807, 2.05) is 18.3 Å². The van der Waals surface area contributed by atoms with E-state index in [9.17, 15) is 0 Å². The number of hydrogen-bond acceptors (Lipinski definition) is 4. The second-order valence-corrected chi connectivity index (χ2v) is 7.06. The molecule has 0 saturated carbocycles. The molecule has 3 aromatic rings. The molecule has 5 heteroatoms. The van der Waals surface area contributed by atoms with Crippen molar-refractivity contribution in [3.63, 3.8) is 0 Å². The van der Waals surface area contributed by atoms with Crippen LogP contribution >= 0.6 is 34.3 Å². The number of pyridine rings is 1. The summed E-state index contributed by atoms with van der Waals surface area (Å²) in [4.78, 5) is 6.68. The van der Waals surface area contributed by atoms with E-state index < -0.39 is 0 Å². The number of thiophene rings is 2. The SMILES string of the molecule is Clc1ccc(C(NCc2cccnc2)c2cccs2)s1. The van der Waals surface area contributed by atoms with Crippen molar-refractivity contribution in [3.05, 3.63) is 73.8 Å². The van der Waals surface area contributed by atoms with Gasteiger partial charge in [0.1, 0.15) is 0 Å². The van der Waals surface area contributed by atoms with E-state index in [2.05, 4.69) is 39.9 Å². The smallest absolute Gasteiger partial charge is 0.0931 e. The lowest BCUT2D eigenvalue weighted by atomic mass is 10.2. The summed E-state index contributed by atoms with van der Waals surface area (Å²) in [6, 6.07) is 12.5. The third kappa shape index (κ3) is 3.27. The molecular weight excluding hydrogens is 308 g/mol. The molecule has 2 nitrogen and oxygen atoms in total. The summed E-state index contributed by atoms with van der Waals surface area (Å²) in [5, 5.41) is 5.69. The van der Waals surface area contributed by atoms with Gasteiger partial charge in [-0.3, -0.25) is 4.98 Å². The number of hydrogen-bond donors (Lipinski definition) is 1. The largest absolute Gasteiger partial charge is 0.301 e. The van der Waals surface area contributed by atoms with Crippen LogP contribution in [0.25, 0.3) is 0 Å². The van der Waals surface area contributed by atoms with Gasteiger partial charge in [-0.05, 0) is 35.2 Å². The standard InChI is InChI=1S/C15H13ClN2S2/c16-14-6-5-13(20-14)15(12-4-2-8-19-12)18-10-11-3-1-7-17-9-11/h1-9,15,18H,10H2. The summed E-state index contributed by atoms with van der Waals surface area (Å²) in [7, 11) is 0. The molecule has 0 aliphatic rings. The third-order valence-electron chi connectivity index (χ3n) is 2.94. The molecule has 1 N–H and O–H groups in total. The monoisotopic (exact) mass is 320 g/mol. The number of rotatable bonds is 5. The molecule has 102 valence electrons. The van der Waals surface area contributed by atoms with Gasteiger partial charge in [0.25, 0.3) is 0 Å². The number of halogens is 1. The molecule has 0 amide bonds. The van der Waals surface area contributed by atoms with Gasteiger partial charge in [0, 0.05) is 28.7 Å².